The molecule has 2 nitrogen and oxygen atoms in total. The predicted octanol–water partition coefficient (Wildman–Crippen LogP) is 3.32. The summed E-state index contributed by atoms with van der Waals surface area (Å²) in [5, 5.41) is 5.02. The molecule has 1 rings (SSSR count). The van der Waals surface area contributed by atoms with Gasteiger partial charge in [-0.25, -0.2) is 4.98 Å². The highest BCUT2D eigenvalue weighted by Crippen LogP contribution is 2.24. The molecule has 0 radical (unpaired) electrons. The Morgan fingerprint density at radius 1 is 1.47 bits per heavy atom. The van der Waals surface area contributed by atoms with E-state index < -0.39 is 0 Å². The number of aromatic nitrogens is 1. The normalized spacial score (nSPS) is 14.9. The van der Waals surface area contributed by atoms with Gasteiger partial charge in [0.15, 0.2) is 0 Å². The van der Waals surface area contributed by atoms with Crippen LogP contribution in [0.5, 0.6) is 0 Å². The molecule has 1 aromatic rings. The lowest BCUT2D eigenvalue weighted by molar-refractivity contribution is 0.563. The van der Waals surface area contributed by atoms with Crippen LogP contribution in [0.4, 0.5) is 0 Å². The van der Waals surface area contributed by atoms with Gasteiger partial charge in [-0.05, 0) is 41.5 Å². The first-order valence-electron chi connectivity index (χ1n) is 5.15. The number of hydrogen-bond acceptors (Lipinski definition) is 3. The number of nitrogens with zero attached hydrogens (tertiary/aromatic N) is 1. The van der Waals surface area contributed by atoms with E-state index in [1.165, 1.54) is 0 Å². The van der Waals surface area contributed by atoms with Gasteiger partial charge in [-0.3, -0.25) is 0 Å². The molecule has 0 aliphatic carbocycles. The Morgan fingerprint density at radius 2 is 2.20 bits per heavy atom. The minimum Gasteiger partial charge on any atom is -0.313 e. The first-order valence-corrected chi connectivity index (χ1v) is 6.82. The minimum atomic E-state index is 0.505. The van der Waals surface area contributed by atoms with Gasteiger partial charge in [0.2, 0.25) is 0 Å². The van der Waals surface area contributed by atoms with Crippen molar-refractivity contribution in [2.45, 2.75) is 37.1 Å². The van der Waals surface area contributed by atoms with E-state index in [9.17, 15) is 0 Å². The topological polar surface area (TPSA) is 24.9 Å². The molecular weight excluding hydrogens is 272 g/mol. The Bertz CT molecular complexity index is 289. The van der Waals surface area contributed by atoms with Crippen LogP contribution in [0.3, 0.4) is 0 Å². The molecule has 0 aromatic carbocycles. The second-order valence-corrected chi connectivity index (χ2v) is 5.80. The minimum absolute atomic E-state index is 0.505. The van der Waals surface area contributed by atoms with E-state index in [-0.39, 0.29) is 0 Å². The summed E-state index contributed by atoms with van der Waals surface area (Å²) in [6.07, 6.45) is 1.84. The van der Waals surface area contributed by atoms with E-state index >= 15 is 0 Å². The molecule has 1 N–H and O–H groups in total. The van der Waals surface area contributed by atoms with Crippen molar-refractivity contribution in [2.75, 3.05) is 6.54 Å². The highest BCUT2D eigenvalue weighted by molar-refractivity contribution is 9.10. The Morgan fingerprint density at radius 3 is 2.73 bits per heavy atom. The Hall–Kier alpha value is -0.0600. The molecule has 15 heavy (non-hydrogen) atoms. The van der Waals surface area contributed by atoms with E-state index in [1.54, 1.807) is 11.8 Å². The number of halogens is 1. The van der Waals surface area contributed by atoms with Crippen LogP contribution in [-0.4, -0.2) is 22.8 Å². The molecule has 0 aliphatic rings. The number of nitrogens with one attached hydrogen (secondary N) is 1. The molecule has 2 atom stereocenters. The van der Waals surface area contributed by atoms with Crippen LogP contribution in [0.1, 0.15) is 20.8 Å². The zero-order valence-electron chi connectivity index (χ0n) is 9.33. The molecule has 0 spiro atoms. The van der Waals surface area contributed by atoms with Gasteiger partial charge in [-0.2, -0.15) is 0 Å². The molecule has 2 unspecified atom stereocenters. The van der Waals surface area contributed by atoms with Crippen molar-refractivity contribution in [1.29, 1.82) is 0 Å². The standard InChI is InChI=1S/C11H17BrN2S/c1-4-13-8(2)9(3)15-11-6-5-10(12)7-14-11/h5-9,13H,4H2,1-3H3. The van der Waals surface area contributed by atoms with Gasteiger partial charge in [0.1, 0.15) is 0 Å². The van der Waals surface area contributed by atoms with Crippen LogP contribution in [0.25, 0.3) is 0 Å². The van der Waals surface area contributed by atoms with Crippen molar-refractivity contribution >= 4 is 27.7 Å². The van der Waals surface area contributed by atoms with Gasteiger partial charge in [0.05, 0.1) is 5.03 Å². The SMILES string of the molecule is CCNC(C)C(C)Sc1ccc(Br)cn1. The van der Waals surface area contributed by atoms with Crippen LogP contribution in [0.15, 0.2) is 27.8 Å². The average Bonchev–Trinajstić information content (AvgIpc) is 2.22. The number of pyridine rings is 1. The van der Waals surface area contributed by atoms with Gasteiger partial charge in [-0.15, -0.1) is 11.8 Å². The molecular formula is C11H17BrN2S. The van der Waals surface area contributed by atoms with Gasteiger partial charge >= 0.3 is 0 Å². The molecule has 0 saturated heterocycles. The average molecular weight is 289 g/mol. The van der Waals surface area contributed by atoms with Crippen molar-refractivity contribution in [3.05, 3.63) is 22.8 Å². The first kappa shape index (κ1) is 13.0. The van der Waals surface area contributed by atoms with E-state index in [4.69, 9.17) is 0 Å². The van der Waals surface area contributed by atoms with Crippen molar-refractivity contribution in [1.82, 2.24) is 10.3 Å². The molecule has 1 aromatic heterocycles. The van der Waals surface area contributed by atoms with Crippen molar-refractivity contribution in [2.24, 2.45) is 0 Å². The van der Waals surface area contributed by atoms with Gasteiger partial charge < -0.3 is 5.32 Å². The highest BCUT2D eigenvalue weighted by Gasteiger charge is 2.12. The predicted molar refractivity (Wildman–Crippen MR) is 70.4 cm³/mol. The number of hydrogen-bond donors (Lipinski definition) is 1. The third-order valence-electron chi connectivity index (χ3n) is 2.24. The van der Waals surface area contributed by atoms with Crippen LogP contribution < -0.4 is 5.32 Å². The van der Waals surface area contributed by atoms with Crippen LogP contribution in [0, 0.1) is 0 Å². The van der Waals surface area contributed by atoms with Gasteiger partial charge in [0, 0.05) is 22.0 Å². The third-order valence-corrected chi connectivity index (χ3v) is 3.97. The maximum Gasteiger partial charge on any atom is 0.0963 e. The quantitative estimate of drug-likeness (QED) is 0.842. The second-order valence-electron chi connectivity index (χ2n) is 3.48. The van der Waals surface area contributed by atoms with Crippen LogP contribution in [0.2, 0.25) is 0 Å². The highest BCUT2D eigenvalue weighted by atomic mass is 79.9. The molecule has 0 aliphatic heterocycles. The molecule has 0 fully saturated rings. The number of thioether (sulfide) groups is 1. The Kier molecular flexibility index (Phi) is 5.64. The summed E-state index contributed by atoms with van der Waals surface area (Å²) in [6.45, 7) is 7.58. The fourth-order valence-electron chi connectivity index (χ4n) is 1.21. The van der Waals surface area contributed by atoms with Crippen molar-refractivity contribution < 1.29 is 0 Å². The van der Waals surface area contributed by atoms with Crippen LogP contribution >= 0.6 is 27.7 Å². The number of rotatable bonds is 5. The van der Waals surface area contributed by atoms with Crippen LogP contribution in [-0.2, 0) is 0 Å². The summed E-state index contributed by atoms with van der Waals surface area (Å²) in [4.78, 5) is 4.35. The van der Waals surface area contributed by atoms with E-state index in [2.05, 4.69) is 47.0 Å². The fourth-order valence-corrected chi connectivity index (χ4v) is 2.39. The monoisotopic (exact) mass is 288 g/mol. The molecule has 1 heterocycles. The molecule has 0 saturated carbocycles. The van der Waals surface area contributed by atoms with E-state index in [0.29, 0.717) is 11.3 Å². The zero-order chi connectivity index (χ0) is 11.3. The van der Waals surface area contributed by atoms with E-state index in [0.717, 1.165) is 16.0 Å². The smallest absolute Gasteiger partial charge is 0.0963 e. The summed E-state index contributed by atoms with van der Waals surface area (Å²) >= 11 is 5.19. The zero-order valence-corrected chi connectivity index (χ0v) is 11.7. The molecule has 84 valence electrons. The fraction of sp³-hybridized carbons (Fsp3) is 0.545. The Balaban J connectivity index is 2.50. The summed E-state index contributed by atoms with van der Waals surface area (Å²) in [5.74, 6) is 0. The largest absolute Gasteiger partial charge is 0.313 e. The van der Waals surface area contributed by atoms with Crippen molar-refractivity contribution in [3.8, 4) is 0 Å². The lowest BCUT2D eigenvalue weighted by Crippen LogP contribution is -2.33. The molecule has 4 heteroatoms. The Labute approximate surface area is 104 Å². The third kappa shape index (κ3) is 4.53. The lowest BCUT2D eigenvalue weighted by Gasteiger charge is -2.19. The lowest BCUT2D eigenvalue weighted by atomic mass is 10.2. The maximum absolute atomic E-state index is 4.35. The summed E-state index contributed by atoms with van der Waals surface area (Å²) in [5.41, 5.74) is 0. The van der Waals surface area contributed by atoms with Gasteiger partial charge in [-0.1, -0.05) is 13.8 Å². The molecule has 0 amide bonds. The summed E-state index contributed by atoms with van der Waals surface area (Å²) in [7, 11) is 0. The first-order chi connectivity index (χ1) is 7.13. The van der Waals surface area contributed by atoms with Crippen molar-refractivity contribution in [3.63, 3.8) is 0 Å². The summed E-state index contributed by atoms with van der Waals surface area (Å²) < 4.78 is 1.03. The second kappa shape index (κ2) is 6.51. The molecule has 0 bridgehead atoms. The van der Waals surface area contributed by atoms with E-state index in [1.807, 2.05) is 18.3 Å². The van der Waals surface area contributed by atoms with Gasteiger partial charge in [0.25, 0.3) is 0 Å². The maximum atomic E-state index is 4.35. The summed E-state index contributed by atoms with van der Waals surface area (Å²) in [6, 6.07) is 4.58.